The maximum Gasteiger partial charge on any atom is 0.134 e. The average Bonchev–Trinajstić information content (AvgIpc) is 2.79. The van der Waals surface area contributed by atoms with Gasteiger partial charge in [-0.25, -0.2) is 4.39 Å². The Balaban J connectivity index is 2.24. The first-order valence-electron chi connectivity index (χ1n) is 6.85. The zero-order valence-electron chi connectivity index (χ0n) is 11.6. The third-order valence-corrected chi connectivity index (χ3v) is 3.96. The molecule has 0 spiro atoms. The molecule has 1 aromatic carbocycles. The van der Waals surface area contributed by atoms with Gasteiger partial charge in [0.05, 0.1) is 10.6 Å². The molecule has 0 saturated heterocycles. The zero-order chi connectivity index (χ0) is 14.3. The summed E-state index contributed by atoms with van der Waals surface area (Å²) in [5, 5.41) is 8.37. The normalized spacial score (nSPS) is 14.7. The Morgan fingerprint density at radius 1 is 1.40 bits per heavy atom. The summed E-state index contributed by atoms with van der Waals surface area (Å²) in [6.07, 6.45) is 0.909. The molecule has 3 nitrogen and oxygen atoms in total. The first-order chi connectivity index (χ1) is 9.59. The zero-order valence-corrected chi connectivity index (χ0v) is 12.3. The van der Waals surface area contributed by atoms with Crippen LogP contribution in [-0.2, 0) is 13.0 Å². The van der Waals surface area contributed by atoms with E-state index in [1.807, 2.05) is 4.68 Å². The predicted octanol–water partition coefficient (Wildman–Crippen LogP) is 3.57. The lowest BCUT2D eigenvalue weighted by Crippen LogP contribution is -2.25. The first kappa shape index (κ1) is 13.6. The molecule has 0 saturated carbocycles. The van der Waals surface area contributed by atoms with Crippen LogP contribution in [0.4, 0.5) is 4.39 Å². The lowest BCUT2D eigenvalue weighted by atomic mass is 10.0. The Labute approximate surface area is 122 Å². The maximum absolute atomic E-state index is 14.2. The van der Waals surface area contributed by atoms with E-state index in [2.05, 4.69) is 24.3 Å². The van der Waals surface area contributed by atoms with Crippen molar-refractivity contribution in [1.82, 2.24) is 15.1 Å². The summed E-state index contributed by atoms with van der Waals surface area (Å²) in [4.78, 5) is 0. The molecule has 0 radical (unpaired) electrons. The van der Waals surface area contributed by atoms with Gasteiger partial charge in [-0.1, -0.05) is 17.7 Å². The van der Waals surface area contributed by atoms with Gasteiger partial charge in [-0.05, 0) is 26.0 Å². The van der Waals surface area contributed by atoms with Crippen molar-refractivity contribution >= 4 is 11.6 Å². The van der Waals surface area contributed by atoms with Crippen LogP contribution in [0.25, 0.3) is 11.3 Å². The molecule has 2 heterocycles. The Hall–Kier alpha value is -1.39. The van der Waals surface area contributed by atoms with Crippen molar-refractivity contribution in [3.05, 3.63) is 40.3 Å². The van der Waals surface area contributed by atoms with Gasteiger partial charge in [0.1, 0.15) is 11.5 Å². The van der Waals surface area contributed by atoms with Gasteiger partial charge in [-0.3, -0.25) is 4.68 Å². The van der Waals surface area contributed by atoms with E-state index >= 15 is 0 Å². The molecule has 3 rings (SSSR count). The first-order valence-corrected chi connectivity index (χ1v) is 7.22. The molecular weight excluding hydrogens is 277 g/mol. The molecule has 0 bridgehead atoms. The second-order valence-corrected chi connectivity index (χ2v) is 5.74. The van der Waals surface area contributed by atoms with Crippen molar-refractivity contribution in [3.8, 4) is 11.3 Å². The van der Waals surface area contributed by atoms with Crippen LogP contribution in [-0.4, -0.2) is 16.3 Å². The summed E-state index contributed by atoms with van der Waals surface area (Å²) in [6, 6.07) is 5.00. The van der Waals surface area contributed by atoms with Gasteiger partial charge >= 0.3 is 0 Å². The lowest BCUT2D eigenvalue weighted by Gasteiger charge is -2.17. The van der Waals surface area contributed by atoms with Gasteiger partial charge < -0.3 is 5.32 Å². The maximum atomic E-state index is 14.2. The summed E-state index contributed by atoms with van der Waals surface area (Å²) >= 11 is 6.19. The molecular formula is C15H17ClFN3. The quantitative estimate of drug-likeness (QED) is 0.917. The van der Waals surface area contributed by atoms with Crippen LogP contribution < -0.4 is 5.32 Å². The third-order valence-electron chi connectivity index (χ3n) is 3.65. The minimum absolute atomic E-state index is 0.251. The highest BCUT2D eigenvalue weighted by Crippen LogP contribution is 2.35. The van der Waals surface area contributed by atoms with E-state index in [-0.39, 0.29) is 11.9 Å². The second kappa shape index (κ2) is 5.19. The number of hydrogen-bond donors (Lipinski definition) is 1. The van der Waals surface area contributed by atoms with Crippen LogP contribution in [0.2, 0.25) is 5.02 Å². The van der Waals surface area contributed by atoms with Gasteiger partial charge in [0.2, 0.25) is 0 Å². The van der Waals surface area contributed by atoms with E-state index in [1.165, 1.54) is 11.8 Å². The van der Waals surface area contributed by atoms with Crippen LogP contribution >= 0.6 is 11.6 Å². The molecule has 5 heteroatoms. The Kier molecular flexibility index (Phi) is 3.52. The molecule has 106 valence electrons. The molecule has 0 aliphatic carbocycles. The highest BCUT2D eigenvalue weighted by Gasteiger charge is 2.25. The number of aromatic nitrogens is 2. The van der Waals surface area contributed by atoms with Crippen molar-refractivity contribution in [2.45, 2.75) is 32.9 Å². The number of nitrogens with one attached hydrogen (secondary N) is 1. The lowest BCUT2D eigenvalue weighted by molar-refractivity contribution is 0.494. The molecule has 0 fully saturated rings. The number of fused-ring (bicyclic) bond motifs is 1. The highest BCUT2D eigenvalue weighted by atomic mass is 35.5. The standard InChI is InChI=1S/C15H17ClFN3/c1-9(2)20-13-6-7-18-8-10(13)15(19-20)14-11(16)4-3-5-12(14)17/h3-5,9,18H,6-8H2,1-2H3. The molecule has 0 unspecified atom stereocenters. The third kappa shape index (κ3) is 2.13. The minimum Gasteiger partial charge on any atom is -0.312 e. The summed E-state index contributed by atoms with van der Waals surface area (Å²) in [5.74, 6) is -0.320. The summed E-state index contributed by atoms with van der Waals surface area (Å²) in [5.41, 5.74) is 3.34. The molecule has 1 N–H and O–H groups in total. The van der Waals surface area contributed by atoms with E-state index in [0.29, 0.717) is 22.8 Å². The van der Waals surface area contributed by atoms with E-state index < -0.39 is 0 Å². The number of rotatable bonds is 2. The molecule has 1 aliphatic heterocycles. The predicted molar refractivity (Wildman–Crippen MR) is 78.4 cm³/mol. The van der Waals surface area contributed by atoms with E-state index in [9.17, 15) is 4.39 Å². The highest BCUT2D eigenvalue weighted by molar-refractivity contribution is 6.33. The Morgan fingerprint density at radius 3 is 2.90 bits per heavy atom. The SMILES string of the molecule is CC(C)n1nc(-c2c(F)cccc2Cl)c2c1CCNC2. The summed E-state index contributed by atoms with van der Waals surface area (Å²) in [6.45, 7) is 5.81. The number of hydrogen-bond acceptors (Lipinski definition) is 2. The van der Waals surface area contributed by atoms with Crippen molar-refractivity contribution in [2.75, 3.05) is 6.54 Å². The molecule has 0 atom stereocenters. The smallest absolute Gasteiger partial charge is 0.134 e. The number of nitrogens with zero attached hydrogens (tertiary/aromatic N) is 2. The van der Waals surface area contributed by atoms with E-state index in [0.717, 1.165) is 18.5 Å². The molecule has 20 heavy (non-hydrogen) atoms. The van der Waals surface area contributed by atoms with Crippen molar-refractivity contribution < 1.29 is 4.39 Å². The van der Waals surface area contributed by atoms with Crippen LogP contribution in [0.1, 0.15) is 31.1 Å². The van der Waals surface area contributed by atoms with Crippen LogP contribution in [0.15, 0.2) is 18.2 Å². The Morgan fingerprint density at radius 2 is 2.20 bits per heavy atom. The van der Waals surface area contributed by atoms with Gasteiger partial charge in [-0.15, -0.1) is 0 Å². The largest absolute Gasteiger partial charge is 0.312 e. The molecule has 2 aromatic rings. The fraction of sp³-hybridized carbons (Fsp3) is 0.400. The summed E-state index contributed by atoms with van der Waals surface area (Å²) < 4.78 is 16.2. The van der Waals surface area contributed by atoms with Gasteiger partial charge in [0.15, 0.2) is 0 Å². The fourth-order valence-corrected chi connectivity index (χ4v) is 2.98. The van der Waals surface area contributed by atoms with Crippen LogP contribution in [0, 0.1) is 5.82 Å². The second-order valence-electron chi connectivity index (χ2n) is 5.34. The molecule has 1 aliphatic rings. The minimum atomic E-state index is -0.320. The Bertz CT molecular complexity index is 629. The van der Waals surface area contributed by atoms with Crippen LogP contribution in [0.5, 0.6) is 0 Å². The monoisotopic (exact) mass is 293 g/mol. The van der Waals surface area contributed by atoms with E-state index in [1.54, 1.807) is 12.1 Å². The van der Waals surface area contributed by atoms with E-state index in [4.69, 9.17) is 11.6 Å². The van der Waals surface area contributed by atoms with Crippen molar-refractivity contribution in [2.24, 2.45) is 0 Å². The molecule has 0 amide bonds. The number of halogens is 2. The summed E-state index contributed by atoms with van der Waals surface area (Å²) in [7, 11) is 0. The van der Waals surface area contributed by atoms with Crippen molar-refractivity contribution in [3.63, 3.8) is 0 Å². The van der Waals surface area contributed by atoms with Gasteiger partial charge in [-0.2, -0.15) is 5.10 Å². The molecule has 1 aromatic heterocycles. The van der Waals surface area contributed by atoms with Gasteiger partial charge in [0.25, 0.3) is 0 Å². The fourth-order valence-electron chi connectivity index (χ4n) is 2.73. The van der Waals surface area contributed by atoms with Crippen LogP contribution in [0.3, 0.4) is 0 Å². The van der Waals surface area contributed by atoms with Crippen molar-refractivity contribution in [1.29, 1.82) is 0 Å². The number of benzene rings is 1. The topological polar surface area (TPSA) is 29.9 Å². The van der Waals surface area contributed by atoms with Gasteiger partial charge in [0, 0.05) is 36.8 Å². The average molecular weight is 294 g/mol.